The third kappa shape index (κ3) is 3.76. The number of nitrogens with one attached hydrogen (secondary N) is 2. The Morgan fingerprint density at radius 3 is 2.54 bits per heavy atom. The van der Waals surface area contributed by atoms with E-state index in [0.717, 1.165) is 10.5 Å². The van der Waals surface area contributed by atoms with E-state index in [2.05, 4.69) is 29.6 Å². The van der Waals surface area contributed by atoms with Crippen molar-refractivity contribution in [1.29, 1.82) is 0 Å². The molecule has 2 heterocycles. The fourth-order valence-electron chi connectivity index (χ4n) is 3.14. The molecule has 8 nitrogen and oxygen atoms in total. The largest absolute Gasteiger partial charge is 0.360 e. The molecular weight excluding hydrogens is 360 g/mol. The second kappa shape index (κ2) is 7.46. The quantitative estimate of drug-likeness (QED) is 0.745. The zero-order valence-electron chi connectivity index (χ0n) is 16.4. The van der Waals surface area contributed by atoms with E-state index in [1.54, 1.807) is 19.9 Å². The van der Waals surface area contributed by atoms with Crippen LogP contribution < -0.4 is 10.6 Å². The summed E-state index contributed by atoms with van der Waals surface area (Å²) in [5, 5.41) is 9.00. The van der Waals surface area contributed by atoms with E-state index in [0.29, 0.717) is 23.1 Å². The first-order valence-electron chi connectivity index (χ1n) is 9.18. The number of benzene rings is 1. The highest BCUT2D eigenvalue weighted by atomic mass is 16.5. The fraction of sp³-hybridized carbons (Fsp3) is 0.400. The zero-order chi connectivity index (χ0) is 20.5. The summed E-state index contributed by atoms with van der Waals surface area (Å²) in [4.78, 5) is 38.4. The molecule has 0 spiro atoms. The van der Waals surface area contributed by atoms with Gasteiger partial charge in [0.1, 0.15) is 11.3 Å². The molecule has 0 aliphatic carbocycles. The Labute approximate surface area is 163 Å². The minimum atomic E-state index is -1.15. The smallest absolute Gasteiger partial charge is 0.325 e. The van der Waals surface area contributed by atoms with Crippen LogP contribution in [-0.2, 0) is 15.1 Å². The van der Waals surface area contributed by atoms with Crippen molar-refractivity contribution >= 4 is 23.7 Å². The fourth-order valence-corrected chi connectivity index (χ4v) is 3.14. The monoisotopic (exact) mass is 384 g/mol. The van der Waals surface area contributed by atoms with Gasteiger partial charge in [-0.1, -0.05) is 43.3 Å². The molecule has 1 aliphatic heterocycles. The van der Waals surface area contributed by atoms with Crippen molar-refractivity contribution in [2.75, 3.05) is 11.9 Å². The summed E-state index contributed by atoms with van der Waals surface area (Å²) in [7, 11) is 0. The summed E-state index contributed by atoms with van der Waals surface area (Å²) in [5.74, 6) is 0.515. The van der Waals surface area contributed by atoms with E-state index in [1.165, 1.54) is 0 Å². The van der Waals surface area contributed by atoms with E-state index < -0.39 is 11.6 Å². The van der Waals surface area contributed by atoms with Crippen molar-refractivity contribution in [2.45, 2.75) is 45.6 Å². The molecule has 1 atom stereocenters. The van der Waals surface area contributed by atoms with Crippen LogP contribution in [0.2, 0.25) is 0 Å². The van der Waals surface area contributed by atoms with Gasteiger partial charge in [-0.3, -0.25) is 14.5 Å². The number of urea groups is 1. The average molecular weight is 384 g/mol. The van der Waals surface area contributed by atoms with Gasteiger partial charge in [0.2, 0.25) is 5.91 Å². The van der Waals surface area contributed by atoms with Crippen LogP contribution in [-0.4, -0.2) is 34.4 Å². The van der Waals surface area contributed by atoms with Gasteiger partial charge in [0.15, 0.2) is 5.82 Å². The standard InChI is InChI=1S/C20H24N4O4/c1-12(2)14-5-7-15(8-6-14)20(4)18(26)24(19(27)22-20)10-9-17(25)21-16-11-13(3)28-23-16/h5-8,11-12H,9-10H2,1-4H3,(H,22,27)(H,21,23,25). The number of rotatable bonds is 6. The molecule has 1 fully saturated rings. The molecule has 1 aliphatic rings. The van der Waals surface area contributed by atoms with Gasteiger partial charge in [0, 0.05) is 19.0 Å². The van der Waals surface area contributed by atoms with E-state index >= 15 is 0 Å². The molecule has 1 aromatic heterocycles. The summed E-state index contributed by atoms with van der Waals surface area (Å²) in [6, 6.07) is 8.71. The summed E-state index contributed by atoms with van der Waals surface area (Å²) < 4.78 is 4.88. The van der Waals surface area contributed by atoms with Gasteiger partial charge in [-0.2, -0.15) is 0 Å². The number of hydrogen-bond acceptors (Lipinski definition) is 5. The Balaban J connectivity index is 1.66. The van der Waals surface area contributed by atoms with Crippen LogP contribution >= 0.6 is 0 Å². The average Bonchev–Trinajstić information content (AvgIpc) is 3.15. The van der Waals surface area contributed by atoms with Crippen LogP contribution in [0.4, 0.5) is 10.6 Å². The van der Waals surface area contributed by atoms with E-state index in [1.807, 2.05) is 24.3 Å². The normalized spacial score (nSPS) is 19.2. The Kier molecular flexibility index (Phi) is 5.22. The molecular formula is C20H24N4O4. The van der Waals surface area contributed by atoms with Crippen LogP contribution in [0.3, 0.4) is 0 Å². The van der Waals surface area contributed by atoms with Gasteiger partial charge in [-0.15, -0.1) is 0 Å². The van der Waals surface area contributed by atoms with Crippen molar-refractivity contribution < 1.29 is 18.9 Å². The van der Waals surface area contributed by atoms with Crippen LogP contribution in [0.15, 0.2) is 34.9 Å². The lowest BCUT2D eigenvalue weighted by atomic mass is 9.90. The molecule has 148 valence electrons. The number of nitrogens with zero attached hydrogens (tertiary/aromatic N) is 2. The van der Waals surface area contributed by atoms with Gasteiger partial charge in [0.05, 0.1) is 0 Å². The van der Waals surface area contributed by atoms with E-state index in [9.17, 15) is 14.4 Å². The predicted molar refractivity (Wildman–Crippen MR) is 103 cm³/mol. The van der Waals surface area contributed by atoms with Crippen LogP contribution in [0.5, 0.6) is 0 Å². The topological polar surface area (TPSA) is 105 Å². The van der Waals surface area contributed by atoms with Crippen molar-refractivity contribution in [1.82, 2.24) is 15.4 Å². The SMILES string of the molecule is Cc1cc(NC(=O)CCN2C(=O)NC(C)(c3ccc(C(C)C)cc3)C2=O)no1. The lowest BCUT2D eigenvalue weighted by molar-refractivity contribution is -0.131. The molecule has 2 N–H and O–H groups in total. The maximum absolute atomic E-state index is 12.9. The summed E-state index contributed by atoms with van der Waals surface area (Å²) >= 11 is 0. The second-order valence-electron chi connectivity index (χ2n) is 7.41. The molecule has 0 saturated carbocycles. The van der Waals surface area contributed by atoms with Gasteiger partial charge in [0.25, 0.3) is 5.91 Å². The molecule has 0 radical (unpaired) electrons. The maximum Gasteiger partial charge on any atom is 0.325 e. The second-order valence-corrected chi connectivity index (χ2v) is 7.41. The lowest BCUT2D eigenvalue weighted by Gasteiger charge is -2.22. The lowest BCUT2D eigenvalue weighted by Crippen LogP contribution is -2.41. The molecule has 0 bridgehead atoms. The van der Waals surface area contributed by atoms with Crippen LogP contribution in [0.1, 0.15) is 50.0 Å². The minimum Gasteiger partial charge on any atom is -0.360 e. The van der Waals surface area contributed by atoms with Crippen molar-refractivity contribution in [2.24, 2.45) is 0 Å². The minimum absolute atomic E-state index is 0.0208. The highest BCUT2D eigenvalue weighted by Gasteiger charge is 2.48. The third-order valence-electron chi connectivity index (χ3n) is 4.89. The van der Waals surface area contributed by atoms with Gasteiger partial charge >= 0.3 is 6.03 Å². The predicted octanol–water partition coefficient (Wildman–Crippen LogP) is 2.90. The molecule has 28 heavy (non-hydrogen) atoms. The Hall–Kier alpha value is -3.16. The molecule has 1 unspecified atom stereocenters. The molecule has 8 heteroatoms. The molecule has 3 rings (SSSR count). The molecule has 4 amide bonds. The number of hydrogen-bond donors (Lipinski definition) is 2. The van der Waals surface area contributed by atoms with Gasteiger partial charge in [-0.25, -0.2) is 4.79 Å². The Bertz CT molecular complexity index is 903. The summed E-state index contributed by atoms with van der Waals surface area (Å²) in [5.41, 5.74) is 0.716. The number of anilines is 1. The third-order valence-corrected chi connectivity index (χ3v) is 4.89. The summed E-state index contributed by atoms with van der Waals surface area (Å²) in [6.45, 7) is 7.55. The highest BCUT2D eigenvalue weighted by molar-refractivity contribution is 6.07. The zero-order valence-corrected chi connectivity index (χ0v) is 16.4. The van der Waals surface area contributed by atoms with Crippen LogP contribution in [0, 0.1) is 6.92 Å². The van der Waals surface area contributed by atoms with Crippen LogP contribution in [0.25, 0.3) is 0 Å². The highest BCUT2D eigenvalue weighted by Crippen LogP contribution is 2.30. The number of amides is 4. The summed E-state index contributed by atoms with van der Waals surface area (Å²) in [6.07, 6.45) is -0.0343. The van der Waals surface area contributed by atoms with Gasteiger partial charge in [-0.05, 0) is 30.9 Å². The van der Waals surface area contributed by atoms with E-state index in [-0.39, 0.29) is 24.8 Å². The Morgan fingerprint density at radius 2 is 1.96 bits per heavy atom. The first-order valence-corrected chi connectivity index (χ1v) is 9.18. The van der Waals surface area contributed by atoms with Crippen molar-refractivity contribution in [3.8, 4) is 0 Å². The molecule has 2 aromatic rings. The molecule has 1 saturated heterocycles. The van der Waals surface area contributed by atoms with E-state index in [4.69, 9.17) is 4.52 Å². The van der Waals surface area contributed by atoms with Crippen molar-refractivity contribution in [3.63, 3.8) is 0 Å². The number of aromatic nitrogens is 1. The van der Waals surface area contributed by atoms with Crippen molar-refractivity contribution in [3.05, 3.63) is 47.2 Å². The first kappa shape index (κ1) is 19.6. The number of aryl methyl sites for hydroxylation is 1. The number of carbonyl (C=O) groups is 3. The van der Waals surface area contributed by atoms with Gasteiger partial charge < -0.3 is 15.2 Å². The number of imide groups is 1. The first-order chi connectivity index (χ1) is 13.2. The number of carbonyl (C=O) groups excluding carboxylic acids is 3. The maximum atomic E-state index is 12.9. The molecule has 1 aromatic carbocycles. The Morgan fingerprint density at radius 1 is 1.29 bits per heavy atom.